The molecule has 0 aliphatic carbocycles. The molecule has 0 radical (unpaired) electrons. The van der Waals surface area contributed by atoms with E-state index < -0.39 is 0 Å². The lowest BCUT2D eigenvalue weighted by Gasteiger charge is -1.97. The lowest BCUT2D eigenvalue weighted by molar-refractivity contribution is -0.141. The van der Waals surface area contributed by atoms with Gasteiger partial charge in [-0.3, -0.25) is 4.79 Å². The normalized spacial score (nSPS) is 9.61. The van der Waals surface area contributed by atoms with Gasteiger partial charge in [-0.2, -0.15) is 0 Å². The quantitative estimate of drug-likeness (QED) is 0.597. The molecule has 0 aliphatic rings. The van der Waals surface area contributed by atoms with Gasteiger partial charge in [0.05, 0.1) is 12.1 Å². The van der Waals surface area contributed by atoms with Gasteiger partial charge in [0, 0.05) is 5.39 Å². The van der Waals surface area contributed by atoms with Crippen molar-refractivity contribution >= 4 is 16.9 Å². The van der Waals surface area contributed by atoms with E-state index in [1.807, 2.05) is 36.4 Å². The summed E-state index contributed by atoms with van der Waals surface area (Å²) in [6.45, 7) is 2.16. The van der Waals surface area contributed by atoms with Crippen molar-refractivity contribution in [1.29, 1.82) is 0 Å². The minimum absolute atomic E-state index is 0.0996. The molecule has 0 amide bonds. The SMILES string of the molecule is CCOC(=O)CC#Cc1ccc2ccccc2n1. The third kappa shape index (κ3) is 3.08. The predicted molar refractivity (Wildman–Crippen MR) is 69.9 cm³/mol. The molecule has 3 nitrogen and oxygen atoms in total. The van der Waals surface area contributed by atoms with Crippen molar-refractivity contribution in [2.75, 3.05) is 6.61 Å². The summed E-state index contributed by atoms with van der Waals surface area (Å²) in [5.74, 6) is 5.33. The van der Waals surface area contributed by atoms with E-state index in [0.29, 0.717) is 12.3 Å². The van der Waals surface area contributed by atoms with E-state index in [-0.39, 0.29) is 12.4 Å². The number of esters is 1. The van der Waals surface area contributed by atoms with Gasteiger partial charge in [-0.1, -0.05) is 30.2 Å². The Balaban J connectivity index is 2.12. The maximum Gasteiger partial charge on any atom is 0.317 e. The van der Waals surface area contributed by atoms with Crippen LogP contribution in [0.1, 0.15) is 19.0 Å². The standard InChI is InChI=1S/C15H13NO2/c1-2-18-15(17)9-5-7-13-11-10-12-6-3-4-8-14(12)16-13/h3-4,6,8,10-11H,2,9H2,1H3. The fourth-order valence-corrected chi connectivity index (χ4v) is 1.55. The monoisotopic (exact) mass is 239 g/mol. The molecule has 0 saturated heterocycles. The Labute approximate surface area is 106 Å². The molecule has 1 aromatic heterocycles. The highest BCUT2D eigenvalue weighted by Crippen LogP contribution is 2.10. The Hall–Kier alpha value is -2.34. The van der Waals surface area contributed by atoms with Gasteiger partial charge in [0.25, 0.3) is 0 Å². The number of rotatable bonds is 2. The number of ether oxygens (including phenoxy) is 1. The van der Waals surface area contributed by atoms with Gasteiger partial charge in [0.2, 0.25) is 0 Å². The number of carbonyl (C=O) groups excluding carboxylic acids is 1. The largest absolute Gasteiger partial charge is 0.465 e. The highest BCUT2D eigenvalue weighted by molar-refractivity contribution is 5.79. The van der Waals surface area contributed by atoms with Gasteiger partial charge in [0.1, 0.15) is 12.1 Å². The number of hydrogen-bond acceptors (Lipinski definition) is 3. The fourth-order valence-electron chi connectivity index (χ4n) is 1.55. The molecule has 0 bridgehead atoms. The fraction of sp³-hybridized carbons (Fsp3) is 0.200. The van der Waals surface area contributed by atoms with Crippen LogP contribution in [0.25, 0.3) is 10.9 Å². The van der Waals surface area contributed by atoms with Gasteiger partial charge in [-0.25, -0.2) is 4.98 Å². The second kappa shape index (κ2) is 5.83. The molecule has 2 rings (SSSR count). The molecule has 1 heterocycles. The molecule has 0 atom stereocenters. The van der Waals surface area contributed by atoms with E-state index in [0.717, 1.165) is 10.9 Å². The molecule has 0 aliphatic heterocycles. The van der Waals surface area contributed by atoms with Crippen LogP contribution in [0, 0.1) is 11.8 Å². The predicted octanol–water partition coefficient (Wildman–Crippen LogP) is 2.54. The molecule has 0 unspecified atom stereocenters. The minimum Gasteiger partial charge on any atom is -0.465 e. The molecule has 90 valence electrons. The summed E-state index contributed by atoms with van der Waals surface area (Å²) in [5, 5.41) is 1.08. The van der Waals surface area contributed by atoms with Crippen LogP contribution in [0.2, 0.25) is 0 Å². The Kier molecular flexibility index (Phi) is 3.93. The lowest BCUT2D eigenvalue weighted by Crippen LogP contribution is -2.01. The van der Waals surface area contributed by atoms with E-state index in [1.54, 1.807) is 6.92 Å². The molecule has 0 saturated carbocycles. The van der Waals surface area contributed by atoms with E-state index >= 15 is 0 Å². The summed E-state index contributed by atoms with van der Waals surface area (Å²) in [7, 11) is 0. The Morgan fingerprint density at radius 3 is 2.94 bits per heavy atom. The van der Waals surface area contributed by atoms with Crippen LogP contribution in [0.4, 0.5) is 0 Å². The molecule has 3 heteroatoms. The van der Waals surface area contributed by atoms with Gasteiger partial charge < -0.3 is 4.74 Å². The van der Waals surface area contributed by atoms with E-state index in [4.69, 9.17) is 4.74 Å². The van der Waals surface area contributed by atoms with Crippen LogP contribution in [0.15, 0.2) is 36.4 Å². The van der Waals surface area contributed by atoms with E-state index in [2.05, 4.69) is 16.8 Å². The zero-order valence-corrected chi connectivity index (χ0v) is 10.1. The summed E-state index contributed by atoms with van der Waals surface area (Å²) < 4.78 is 4.79. The van der Waals surface area contributed by atoms with Crippen molar-refractivity contribution < 1.29 is 9.53 Å². The van der Waals surface area contributed by atoms with Crippen molar-refractivity contribution in [1.82, 2.24) is 4.98 Å². The third-order valence-corrected chi connectivity index (χ3v) is 2.35. The molecule has 1 aromatic carbocycles. The molecular formula is C15H13NO2. The second-order valence-corrected chi connectivity index (χ2v) is 3.67. The third-order valence-electron chi connectivity index (χ3n) is 2.35. The van der Waals surface area contributed by atoms with E-state index in [9.17, 15) is 4.79 Å². The van der Waals surface area contributed by atoms with Gasteiger partial charge in [0.15, 0.2) is 0 Å². The number of fused-ring (bicyclic) bond motifs is 1. The smallest absolute Gasteiger partial charge is 0.317 e. The van der Waals surface area contributed by atoms with Crippen LogP contribution in [-0.4, -0.2) is 17.6 Å². The summed E-state index contributed by atoms with van der Waals surface area (Å²) in [4.78, 5) is 15.5. The highest BCUT2D eigenvalue weighted by Gasteiger charge is 1.97. The number of pyridine rings is 1. The molecule has 0 fully saturated rings. The van der Waals surface area contributed by atoms with Gasteiger partial charge in [-0.15, -0.1) is 0 Å². The number of hydrogen-bond donors (Lipinski definition) is 0. The first-order chi connectivity index (χ1) is 8.79. The molecule has 0 spiro atoms. The number of benzene rings is 1. The summed E-state index contributed by atoms with van der Waals surface area (Å²) >= 11 is 0. The molecule has 18 heavy (non-hydrogen) atoms. The van der Waals surface area contributed by atoms with Crippen molar-refractivity contribution in [3.63, 3.8) is 0 Å². The minimum atomic E-state index is -0.300. The van der Waals surface area contributed by atoms with Crippen LogP contribution < -0.4 is 0 Å². The van der Waals surface area contributed by atoms with Crippen molar-refractivity contribution in [2.45, 2.75) is 13.3 Å². The first-order valence-electron chi connectivity index (χ1n) is 5.80. The Morgan fingerprint density at radius 2 is 2.11 bits per heavy atom. The maximum absolute atomic E-state index is 11.1. The van der Waals surface area contributed by atoms with E-state index in [1.165, 1.54) is 0 Å². The topological polar surface area (TPSA) is 39.2 Å². The molecule has 0 N–H and O–H groups in total. The van der Waals surface area contributed by atoms with Gasteiger partial charge >= 0.3 is 5.97 Å². The number of aromatic nitrogens is 1. The van der Waals surface area contributed by atoms with Crippen molar-refractivity contribution in [3.8, 4) is 11.8 Å². The number of carbonyl (C=O) groups is 1. The molecule has 2 aromatic rings. The van der Waals surface area contributed by atoms with Crippen LogP contribution in [-0.2, 0) is 9.53 Å². The summed E-state index contributed by atoms with van der Waals surface area (Å²) in [5.41, 5.74) is 1.57. The van der Waals surface area contributed by atoms with Gasteiger partial charge in [-0.05, 0) is 25.0 Å². The van der Waals surface area contributed by atoms with Crippen molar-refractivity contribution in [3.05, 3.63) is 42.1 Å². The zero-order chi connectivity index (χ0) is 12.8. The lowest BCUT2D eigenvalue weighted by atomic mass is 10.2. The van der Waals surface area contributed by atoms with Crippen molar-refractivity contribution in [2.24, 2.45) is 0 Å². The second-order valence-electron chi connectivity index (χ2n) is 3.67. The maximum atomic E-state index is 11.1. The Morgan fingerprint density at radius 1 is 1.28 bits per heavy atom. The first-order valence-corrected chi connectivity index (χ1v) is 5.80. The molecular weight excluding hydrogens is 226 g/mol. The number of para-hydroxylation sites is 1. The average molecular weight is 239 g/mol. The summed E-state index contributed by atoms with van der Waals surface area (Å²) in [6.07, 6.45) is 0.0996. The highest BCUT2D eigenvalue weighted by atomic mass is 16.5. The average Bonchev–Trinajstić information content (AvgIpc) is 2.39. The summed E-state index contributed by atoms with van der Waals surface area (Å²) in [6, 6.07) is 11.7. The first kappa shape index (κ1) is 12.1. The van der Waals surface area contributed by atoms with Crippen LogP contribution in [0.5, 0.6) is 0 Å². The number of nitrogens with zero attached hydrogens (tertiary/aromatic N) is 1. The van der Waals surface area contributed by atoms with Crippen LogP contribution in [0.3, 0.4) is 0 Å². The Bertz CT molecular complexity index is 623. The van der Waals surface area contributed by atoms with Crippen LogP contribution >= 0.6 is 0 Å². The zero-order valence-electron chi connectivity index (χ0n) is 10.1.